The Bertz CT molecular complexity index is 513. The first kappa shape index (κ1) is 13.0. The third-order valence-corrected chi connectivity index (χ3v) is 3.28. The van der Waals surface area contributed by atoms with Crippen molar-refractivity contribution in [2.75, 3.05) is 6.54 Å². The summed E-state index contributed by atoms with van der Waals surface area (Å²) in [6.07, 6.45) is 2.38. The molecule has 1 aromatic heterocycles. The Kier molecular flexibility index (Phi) is 4.32. The van der Waals surface area contributed by atoms with Gasteiger partial charge in [0.25, 0.3) is 0 Å². The predicted molar refractivity (Wildman–Crippen MR) is 77.8 cm³/mol. The Morgan fingerprint density at radius 3 is 2.72 bits per heavy atom. The van der Waals surface area contributed by atoms with Crippen molar-refractivity contribution in [3.05, 3.63) is 41.6 Å². The smallest absolute Gasteiger partial charge is 0.0705 e. The van der Waals surface area contributed by atoms with Gasteiger partial charge in [-0.1, -0.05) is 32.4 Å². The summed E-state index contributed by atoms with van der Waals surface area (Å²) in [6.45, 7) is 7.44. The van der Waals surface area contributed by atoms with Crippen molar-refractivity contribution in [1.82, 2.24) is 10.3 Å². The van der Waals surface area contributed by atoms with Gasteiger partial charge in [0.1, 0.15) is 0 Å². The van der Waals surface area contributed by atoms with Crippen molar-refractivity contribution in [1.29, 1.82) is 0 Å². The van der Waals surface area contributed by atoms with Crippen LogP contribution in [-0.2, 0) is 0 Å². The van der Waals surface area contributed by atoms with E-state index in [2.05, 4.69) is 54.5 Å². The van der Waals surface area contributed by atoms with Crippen molar-refractivity contribution in [3.63, 3.8) is 0 Å². The fourth-order valence-corrected chi connectivity index (χ4v) is 2.38. The molecule has 0 radical (unpaired) electrons. The molecule has 0 aliphatic rings. The second-order valence-electron chi connectivity index (χ2n) is 4.80. The maximum Gasteiger partial charge on any atom is 0.0705 e. The molecule has 2 rings (SSSR count). The number of pyridine rings is 1. The number of aryl methyl sites for hydroxylation is 1. The van der Waals surface area contributed by atoms with Gasteiger partial charge >= 0.3 is 0 Å². The lowest BCUT2D eigenvalue weighted by Gasteiger charge is -2.18. The van der Waals surface area contributed by atoms with Crippen molar-refractivity contribution < 1.29 is 0 Å². The van der Waals surface area contributed by atoms with Gasteiger partial charge in [0, 0.05) is 17.1 Å². The molecule has 0 spiro atoms. The molecule has 2 heteroatoms. The highest BCUT2D eigenvalue weighted by Crippen LogP contribution is 2.22. The Hall–Kier alpha value is -1.41. The number of nitrogens with zero attached hydrogens (tertiary/aromatic N) is 1. The molecule has 1 aromatic carbocycles. The zero-order chi connectivity index (χ0) is 13.0. The van der Waals surface area contributed by atoms with E-state index in [1.165, 1.54) is 23.8 Å². The van der Waals surface area contributed by atoms with Crippen LogP contribution in [0, 0.1) is 6.92 Å². The zero-order valence-electron chi connectivity index (χ0n) is 11.5. The Morgan fingerprint density at radius 2 is 2.00 bits per heavy atom. The Balaban J connectivity index is 2.35. The molecule has 0 bridgehead atoms. The minimum absolute atomic E-state index is 0.464. The van der Waals surface area contributed by atoms with Gasteiger partial charge in [-0.05, 0) is 43.7 Å². The van der Waals surface area contributed by atoms with E-state index in [-0.39, 0.29) is 0 Å². The summed E-state index contributed by atoms with van der Waals surface area (Å²) in [4.78, 5) is 4.55. The van der Waals surface area contributed by atoms with Gasteiger partial charge in [-0.25, -0.2) is 0 Å². The fraction of sp³-hybridized carbons (Fsp3) is 0.438. The molecule has 96 valence electrons. The lowest BCUT2D eigenvalue weighted by Crippen LogP contribution is -2.20. The highest BCUT2D eigenvalue weighted by molar-refractivity contribution is 5.79. The molecule has 1 unspecified atom stereocenters. The molecule has 2 nitrogen and oxygen atoms in total. The second kappa shape index (κ2) is 5.96. The van der Waals surface area contributed by atoms with Crippen LogP contribution in [-0.4, -0.2) is 11.5 Å². The average molecular weight is 242 g/mol. The minimum Gasteiger partial charge on any atom is -0.310 e. The van der Waals surface area contributed by atoms with Crippen molar-refractivity contribution >= 4 is 10.9 Å². The molecule has 1 N–H and O–H groups in total. The monoisotopic (exact) mass is 242 g/mol. The highest BCUT2D eigenvalue weighted by Gasteiger charge is 2.09. The van der Waals surface area contributed by atoms with Crippen molar-refractivity contribution in [3.8, 4) is 0 Å². The fourth-order valence-electron chi connectivity index (χ4n) is 2.38. The molecule has 0 aliphatic heterocycles. The maximum absolute atomic E-state index is 4.55. The van der Waals surface area contributed by atoms with Crippen LogP contribution in [0.3, 0.4) is 0 Å². The first-order chi connectivity index (χ1) is 8.74. The van der Waals surface area contributed by atoms with Gasteiger partial charge in [0.05, 0.1) is 5.52 Å². The summed E-state index contributed by atoms with van der Waals surface area (Å²) in [5.41, 5.74) is 3.54. The SMILES string of the molecule is CCCC(NCC)c1ccc2nc(C)ccc2c1. The summed E-state index contributed by atoms with van der Waals surface area (Å²) in [5.74, 6) is 0. The molecule has 0 amide bonds. The first-order valence-corrected chi connectivity index (χ1v) is 6.85. The van der Waals surface area contributed by atoms with E-state index in [4.69, 9.17) is 0 Å². The lowest BCUT2D eigenvalue weighted by molar-refractivity contribution is 0.510. The number of aromatic nitrogens is 1. The van der Waals surface area contributed by atoms with Gasteiger partial charge in [0.15, 0.2) is 0 Å². The van der Waals surface area contributed by atoms with Crippen molar-refractivity contribution in [2.45, 2.75) is 39.7 Å². The van der Waals surface area contributed by atoms with Crippen LogP contribution in [0.5, 0.6) is 0 Å². The Morgan fingerprint density at radius 1 is 1.17 bits per heavy atom. The van der Waals surface area contributed by atoms with Crippen LogP contribution < -0.4 is 5.32 Å². The normalized spacial score (nSPS) is 12.8. The Labute approximate surface area is 109 Å². The molecule has 1 atom stereocenters. The topological polar surface area (TPSA) is 24.9 Å². The minimum atomic E-state index is 0.464. The molecule has 0 aliphatic carbocycles. The lowest BCUT2D eigenvalue weighted by atomic mass is 10.00. The molecule has 18 heavy (non-hydrogen) atoms. The molecule has 0 saturated heterocycles. The van der Waals surface area contributed by atoms with E-state index in [0.29, 0.717) is 6.04 Å². The van der Waals surface area contributed by atoms with Gasteiger partial charge in [0.2, 0.25) is 0 Å². The molecule has 0 saturated carbocycles. The van der Waals surface area contributed by atoms with Crippen LogP contribution >= 0.6 is 0 Å². The average Bonchev–Trinajstić information content (AvgIpc) is 2.38. The zero-order valence-corrected chi connectivity index (χ0v) is 11.5. The number of nitrogens with one attached hydrogen (secondary N) is 1. The number of hydrogen-bond acceptors (Lipinski definition) is 2. The molecular formula is C16H22N2. The molecule has 2 aromatic rings. The number of hydrogen-bond donors (Lipinski definition) is 1. The summed E-state index contributed by atoms with van der Waals surface area (Å²) < 4.78 is 0. The van der Waals surface area contributed by atoms with Crippen LogP contribution in [0.25, 0.3) is 10.9 Å². The number of fused-ring (bicyclic) bond motifs is 1. The van der Waals surface area contributed by atoms with E-state index in [0.717, 1.165) is 17.8 Å². The maximum atomic E-state index is 4.55. The molecule has 1 heterocycles. The van der Waals surface area contributed by atoms with E-state index in [1.54, 1.807) is 0 Å². The van der Waals surface area contributed by atoms with E-state index in [1.807, 2.05) is 6.92 Å². The standard InChI is InChI=1S/C16H22N2/c1-4-6-15(17-5-2)13-9-10-16-14(11-13)8-7-12(3)18-16/h7-11,15,17H,4-6H2,1-3H3. The molecular weight excluding hydrogens is 220 g/mol. The van der Waals surface area contributed by atoms with E-state index < -0.39 is 0 Å². The number of rotatable bonds is 5. The van der Waals surface area contributed by atoms with Crippen molar-refractivity contribution in [2.24, 2.45) is 0 Å². The third-order valence-electron chi connectivity index (χ3n) is 3.28. The second-order valence-corrected chi connectivity index (χ2v) is 4.80. The van der Waals surface area contributed by atoms with Gasteiger partial charge < -0.3 is 5.32 Å². The predicted octanol–water partition coefficient (Wildman–Crippen LogP) is 3.99. The van der Waals surface area contributed by atoms with Crippen LogP contribution in [0.4, 0.5) is 0 Å². The van der Waals surface area contributed by atoms with Gasteiger partial charge in [-0.2, -0.15) is 0 Å². The third kappa shape index (κ3) is 2.88. The summed E-state index contributed by atoms with van der Waals surface area (Å²) in [7, 11) is 0. The van der Waals surface area contributed by atoms with E-state index in [9.17, 15) is 0 Å². The van der Waals surface area contributed by atoms with Crippen LogP contribution in [0.1, 0.15) is 44.0 Å². The van der Waals surface area contributed by atoms with E-state index >= 15 is 0 Å². The molecule has 0 fully saturated rings. The summed E-state index contributed by atoms with van der Waals surface area (Å²) >= 11 is 0. The number of benzene rings is 1. The van der Waals surface area contributed by atoms with Crippen LogP contribution in [0.2, 0.25) is 0 Å². The van der Waals surface area contributed by atoms with Crippen LogP contribution in [0.15, 0.2) is 30.3 Å². The van der Waals surface area contributed by atoms with Gasteiger partial charge in [-0.15, -0.1) is 0 Å². The quantitative estimate of drug-likeness (QED) is 0.857. The summed E-state index contributed by atoms with van der Waals surface area (Å²) in [6, 6.07) is 11.3. The van der Waals surface area contributed by atoms with Gasteiger partial charge in [-0.3, -0.25) is 4.98 Å². The highest BCUT2D eigenvalue weighted by atomic mass is 14.9. The largest absolute Gasteiger partial charge is 0.310 e. The summed E-state index contributed by atoms with van der Waals surface area (Å²) in [5, 5.41) is 4.79. The first-order valence-electron chi connectivity index (χ1n) is 6.85.